The van der Waals surface area contributed by atoms with Crippen LogP contribution >= 0.6 is 0 Å². The molecule has 0 unspecified atom stereocenters. The summed E-state index contributed by atoms with van der Waals surface area (Å²) in [6.45, 7) is 1.72. The number of hydrogen-bond donors (Lipinski definition) is 3. The molecule has 1 saturated carbocycles. The third-order valence-electron chi connectivity index (χ3n) is 6.80. The summed E-state index contributed by atoms with van der Waals surface area (Å²) in [5.41, 5.74) is 13.6. The zero-order valence-corrected chi connectivity index (χ0v) is 21.9. The number of ether oxygens (including phenoxy) is 1. The van der Waals surface area contributed by atoms with E-state index in [4.69, 9.17) is 10.5 Å². The SMILES string of the molecule is C/C=C/C(=O)NNC(=O)C=C1CCC(n2cc(-c3ccc(Oc4ccccc4)cc3F)c3c(N)ncnc32)CC1. The molecule has 1 aliphatic rings. The van der Waals surface area contributed by atoms with Crippen molar-refractivity contribution in [1.29, 1.82) is 0 Å². The van der Waals surface area contributed by atoms with Gasteiger partial charge in [0.2, 0.25) is 0 Å². The second kappa shape index (κ2) is 11.8. The van der Waals surface area contributed by atoms with Gasteiger partial charge in [-0.2, -0.15) is 0 Å². The molecule has 2 aromatic carbocycles. The number of nitrogens with zero attached hydrogens (tertiary/aromatic N) is 3. The van der Waals surface area contributed by atoms with Crippen LogP contribution in [0.1, 0.15) is 38.6 Å². The summed E-state index contributed by atoms with van der Waals surface area (Å²) in [6.07, 6.45) is 10.6. The van der Waals surface area contributed by atoms with E-state index in [0.717, 1.165) is 18.4 Å². The maximum Gasteiger partial charge on any atom is 0.262 e. The molecule has 0 bridgehead atoms. The van der Waals surface area contributed by atoms with Crippen LogP contribution in [0.3, 0.4) is 0 Å². The van der Waals surface area contributed by atoms with Gasteiger partial charge in [0.1, 0.15) is 35.1 Å². The summed E-state index contributed by atoms with van der Waals surface area (Å²) in [5.74, 6) is 0.0517. The first-order valence-corrected chi connectivity index (χ1v) is 13.0. The molecule has 0 radical (unpaired) electrons. The van der Waals surface area contributed by atoms with Crippen LogP contribution in [-0.4, -0.2) is 26.3 Å². The smallest absolute Gasteiger partial charge is 0.262 e. The predicted molar refractivity (Wildman–Crippen MR) is 151 cm³/mol. The highest BCUT2D eigenvalue weighted by atomic mass is 19.1. The Hall–Kier alpha value is -4.99. The number of nitrogens with two attached hydrogens (primary N) is 1. The molecule has 9 nitrogen and oxygen atoms in total. The second-order valence-corrected chi connectivity index (χ2v) is 9.48. The highest BCUT2D eigenvalue weighted by Gasteiger charge is 2.25. The van der Waals surface area contributed by atoms with Crippen molar-refractivity contribution in [1.82, 2.24) is 25.4 Å². The maximum absolute atomic E-state index is 15.4. The van der Waals surface area contributed by atoms with Crippen LogP contribution in [0, 0.1) is 5.82 Å². The van der Waals surface area contributed by atoms with Crippen molar-refractivity contribution >= 4 is 28.7 Å². The number of aromatic nitrogens is 3. The van der Waals surface area contributed by atoms with Crippen LogP contribution in [0.25, 0.3) is 22.2 Å². The molecular formula is C30H29FN6O3. The number of nitrogens with one attached hydrogen (secondary N) is 2. The Kier molecular flexibility index (Phi) is 7.86. The van der Waals surface area contributed by atoms with E-state index in [2.05, 4.69) is 20.8 Å². The van der Waals surface area contributed by atoms with Crippen molar-refractivity contribution in [3.05, 3.63) is 90.7 Å². The average molecular weight is 541 g/mol. The predicted octanol–water partition coefficient (Wildman–Crippen LogP) is 5.38. The molecule has 4 N–H and O–H groups in total. The van der Waals surface area contributed by atoms with E-state index in [1.165, 1.54) is 24.5 Å². The summed E-state index contributed by atoms with van der Waals surface area (Å²) < 4.78 is 23.2. The molecule has 1 aliphatic carbocycles. The van der Waals surface area contributed by atoms with Gasteiger partial charge in [0.05, 0.1) is 5.39 Å². The van der Waals surface area contributed by atoms with Crippen molar-refractivity contribution < 1.29 is 18.7 Å². The summed E-state index contributed by atoms with van der Waals surface area (Å²) in [4.78, 5) is 32.3. The minimum absolute atomic E-state index is 0.0731. The molecule has 0 saturated heterocycles. The average Bonchev–Trinajstić information content (AvgIpc) is 3.34. The largest absolute Gasteiger partial charge is 0.457 e. The number of anilines is 1. The molecule has 0 aliphatic heterocycles. The number of amides is 2. The molecule has 0 spiro atoms. The fourth-order valence-electron chi connectivity index (χ4n) is 4.93. The van der Waals surface area contributed by atoms with Gasteiger partial charge >= 0.3 is 0 Å². The first-order valence-electron chi connectivity index (χ1n) is 13.0. The van der Waals surface area contributed by atoms with Gasteiger partial charge in [-0.3, -0.25) is 20.4 Å². The molecule has 4 aromatic rings. The zero-order valence-electron chi connectivity index (χ0n) is 21.9. The van der Waals surface area contributed by atoms with Gasteiger partial charge in [0, 0.05) is 41.6 Å². The van der Waals surface area contributed by atoms with Gasteiger partial charge in [-0.1, -0.05) is 29.8 Å². The monoisotopic (exact) mass is 540 g/mol. The zero-order chi connectivity index (χ0) is 28.1. The van der Waals surface area contributed by atoms with Gasteiger partial charge in [-0.05, 0) is 56.9 Å². The number of carbonyl (C=O) groups excluding carboxylic acids is 2. The lowest BCUT2D eigenvalue weighted by atomic mass is 9.90. The Bertz CT molecular complexity index is 1600. The normalized spacial score (nSPS) is 15.2. The summed E-state index contributed by atoms with van der Waals surface area (Å²) in [6, 6.07) is 14.0. The van der Waals surface area contributed by atoms with Crippen molar-refractivity contribution in [3.8, 4) is 22.6 Å². The molecule has 10 heteroatoms. The van der Waals surface area contributed by atoms with Crippen molar-refractivity contribution in [3.63, 3.8) is 0 Å². The summed E-state index contributed by atoms with van der Waals surface area (Å²) in [5, 5.41) is 0.593. The molecule has 0 atom stereocenters. The lowest BCUT2D eigenvalue weighted by Gasteiger charge is -2.25. The summed E-state index contributed by atoms with van der Waals surface area (Å²) >= 11 is 0. The Morgan fingerprint density at radius 1 is 1.02 bits per heavy atom. The van der Waals surface area contributed by atoms with E-state index in [0.29, 0.717) is 46.5 Å². The number of fused-ring (bicyclic) bond motifs is 1. The van der Waals surface area contributed by atoms with Crippen LogP contribution in [0.4, 0.5) is 10.2 Å². The van der Waals surface area contributed by atoms with Crippen molar-refractivity contribution in [2.24, 2.45) is 0 Å². The van der Waals surface area contributed by atoms with E-state index in [-0.39, 0.29) is 17.8 Å². The molecule has 2 heterocycles. The Morgan fingerprint density at radius 3 is 2.50 bits per heavy atom. The van der Waals surface area contributed by atoms with Crippen LogP contribution < -0.4 is 21.3 Å². The maximum atomic E-state index is 15.4. The number of halogens is 1. The van der Waals surface area contributed by atoms with Gasteiger partial charge in [-0.25, -0.2) is 14.4 Å². The first-order chi connectivity index (χ1) is 19.4. The number of nitrogen functional groups attached to an aromatic ring is 1. The minimum Gasteiger partial charge on any atom is -0.457 e. The van der Waals surface area contributed by atoms with Crippen molar-refractivity contribution in [2.75, 3.05) is 5.73 Å². The number of rotatable bonds is 6. The standard InChI is InChI=1S/C30H29FN6O3/c1-2-6-26(38)35-36-27(39)15-19-9-11-20(12-10-19)37-17-24(28-29(32)33-18-34-30(28)37)23-14-13-22(16-25(23)31)40-21-7-4-3-5-8-21/h2-8,13-18,20H,9-12H2,1H3,(H,35,38)(H,36,39)(H2,32,33,34)/b6-2+,19-15?. The molecule has 2 amide bonds. The lowest BCUT2D eigenvalue weighted by Crippen LogP contribution is -2.40. The number of hydrogen-bond acceptors (Lipinski definition) is 6. The van der Waals surface area contributed by atoms with Gasteiger partial charge in [0.25, 0.3) is 11.8 Å². The van der Waals surface area contributed by atoms with Crippen molar-refractivity contribution in [2.45, 2.75) is 38.6 Å². The fraction of sp³-hybridized carbons (Fsp3) is 0.200. The minimum atomic E-state index is -0.447. The first kappa shape index (κ1) is 26.6. The lowest BCUT2D eigenvalue weighted by molar-refractivity contribution is -0.123. The molecule has 204 valence electrons. The number of carbonyl (C=O) groups is 2. The van der Waals surface area contributed by atoms with Gasteiger partial charge in [-0.15, -0.1) is 0 Å². The number of benzene rings is 2. The van der Waals surface area contributed by atoms with E-state index < -0.39 is 11.7 Å². The number of hydrazine groups is 1. The van der Waals surface area contributed by atoms with E-state index in [9.17, 15) is 9.59 Å². The Morgan fingerprint density at radius 2 is 1.77 bits per heavy atom. The highest BCUT2D eigenvalue weighted by Crippen LogP contribution is 2.40. The third-order valence-corrected chi connectivity index (χ3v) is 6.80. The van der Waals surface area contributed by atoms with E-state index in [1.54, 1.807) is 37.3 Å². The van der Waals surface area contributed by atoms with Crippen LogP contribution in [0.15, 0.2) is 84.9 Å². The fourth-order valence-corrected chi connectivity index (χ4v) is 4.93. The molecule has 40 heavy (non-hydrogen) atoms. The van der Waals surface area contributed by atoms with E-state index in [1.807, 2.05) is 29.0 Å². The molecular weight excluding hydrogens is 511 g/mol. The van der Waals surface area contributed by atoms with Gasteiger partial charge in [0.15, 0.2) is 0 Å². The highest BCUT2D eigenvalue weighted by molar-refractivity contribution is 6.01. The third kappa shape index (κ3) is 5.85. The van der Waals surface area contributed by atoms with Gasteiger partial charge < -0.3 is 15.0 Å². The Balaban J connectivity index is 1.36. The second-order valence-electron chi connectivity index (χ2n) is 9.48. The quantitative estimate of drug-likeness (QED) is 0.223. The molecule has 1 fully saturated rings. The molecule has 2 aromatic heterocycles. The van der Waals surface area contributed by atoms with E-state index >= 15 is 4.39 Å². The van der Waals surface area contributed by atoms with Crippen LogP contribution in [-0.2, 0) is 9.59 Å². The molecule has 5 rings (SSSR count). The number of allylic oxidation sites excluding steroid dienone is 2. The van der Waals surface area contributed by atoms with Crippen LogP contribution in [0.5, 0.6) is 11.5 Å². The number of para-hydroxylation sites is 1. The van der Waals surface area contributed by atoms with Crippen LogP contribution in [0.2, 0.25) is 0 Å². The summed E-state index contributed by atoms with van der Waals surface area (Å²) in [7, 11) is 0. The topological polar surface area (TPSA) is 124 Å². The Labute approximate surface area is 230 Å².